The Labute approximate surface area is 170 Å². The van der Waals surface area contributed by atoms with Gasteiger partial charge in [-0.25, -0.2) is 0 Å². The summed E-state index contributed by atoms with van der Waals surface area (Å²) in [5.74, 6) is 0. The van der Waals surface area contributed by atoms with Crippen LogP contribution < -0.4 is 15.1 Å². The van der Waals surface area contributed by atoms with E-state index in [-0.39, 0.29) is 4.70 Å². The maximum Gasteiger partial charge on any atom is 0.197 e. The molecule has 2 aromatic heterocycles. The van der Waals surface area contributed by atoms with E-state index in [9.17, 15) is 9.90 Å². The van der Waals surface area contributed by atoms with Gasteiger partial charge in [0.1, 0.15) is 13.1 Å². The molecule has 1 N–H and O–H groups in total. The summed E-state index contributed by atoms with van der Waals surface area (Å²) in [5, 5.41) is 17.2. The van der Waals surface area contributed by atoms with Gasteiger partial charge >= 0.3 is 0 Å². The number of aromatic amines is 1. The van der Waals surface area contributed by atoms with E-state index in [1.807, 2.05) is 42.6 Å². The van der Waals surface area contributed by atoms with E-state index in [4.69, 9.17) is 0 Å². The van der Waals surface area contributed by atoms with Crippen molar-refractivity contribution >= 4 is 28.4 Å². The van der Waals surface area contributed by atoms with E-state index in [0.717, 1.165) is 48.8 Å². The number of carboxylic acid groups (broad SMARTS) is 1. The Morgan fingerprint density at radius 1 is 1.10 bits per heavy atom. The van der Waals surface area contributed by atoms with Gasteiger partial charge < -0.3 is 14.9 Å². The number of pyridine rings is 1. The van der Waals surface area contributed by atoms with E-state index in [1.54, 1.807) is 12.4 Å². The smallest absolute Gasteiger partial charge is 0.197 e. The molecule has 29 heavy (non-hydrogen) atoms. The number of aromatic nitrogens is 2. The van der Waals surface area contributed by atoms with E-state index < -0.39 is 6.09 Å². The van der Waals surface area contributed by atoms with Gasteiger partial charge in [0.25, 0.3) is 0 Å². The predicted molar refractivity (Wildman–Crippen MR) is 112 cm³/mol. The van der Waals surface area contributed by atoms with Crippen molar-refractivity contribution < 1.29 is 14.6 Å². The predicted octanol–water partition coefficient (Wildman–Crippen LogP) is 3.46. The van der Waals surface area contributed by atoms with Crippen molar-refractivity contribution in [3.8, 4) is 0 Å². The number of carbonyl (C=O) groups is 1. The SMILES string of the molecule is CCCN(c1ccncc1)[N+]1(N(C(=O)[O-])c2ccc3[nH]ccc3c2)CCCCC1. The maximum atomic E-state index is 12.6. The molecule has 4 rings (SSSR count). The zero-order chi connectivity index (χ0) is 20.3. The maximum absolute atomic E-state index is 12.6. The Balaban J connectivity index is 1.87. The number of piperidine rings is 1. The first-order valence-electron chi connectivity index (χ1n) is 10.3. The number of fused-ring (bicyclic) bond motifs is 1. The standard InChI is InChI=1S/C22H27N5O2/c1-2-14-25(19-9-11-23-12-10-19)27(15-4-3-5-16-27)26(22(28)29)20-6-7-21-18(17-20)8-13-24-21/h6-13,17,24H,2-5,14-16H2,1H3. The number of rotatable bonds is 6. The minimum absolute atomic E-state index is 0.204. The molecule has 0 atom stereocenters. The summed E-state index contributed by atoms with van der Waals surface area (Å²) in [5.41, 5.74) is 2.59. The van der Waals surface area contributed by atoms with Gasteiger partial charge in [0, 0.05) is 42.3 Å². The number of hydrogen-bond acceptors (Lipinski definition) is 4. The average Bonchev–Trinajstić information content (AvgIpc) is 3.21. The Morgan fingerprint density at radius 3 is 2.55 bits per heavy atom. The molecule has 1 amide bonds. The first kappa shape index (κ1) is 19.3. The molecule has 7 nitrogen and oxygen atoms in total. The van der Waals surface area contributed by atoms with Gasteiger partial charge in [-0.05, 0) is 49.2 Å². The van der Waals surface area contributed by atoms with Crippen LogP contribution in [0.1, 0.15) is 32.6 Å². The molecule has 1 saturated heterocycles. The minimum atomic E-state index is -1.18. The number of anilines is 2. The van der Waals surface area contributed by atoms with Gasteiger partial charge in [-0.3, -0.25) is 4.98 Å². The number of hydrogen-bond donors (Lipinski definition) is 1. The molecule has 0 unspecified atom stereocenters. The van der Waals surface area contributed by atoms with E-state index >= 15 is 0 Å². The lowest BCUT2D eigenvalue weighted by atomic mass is 10.1. The van der Waals surface area contributed by atoms with Gasteiger partial charge in [0.15, 0.2) is 6.09 Å². The van der Waals surface area contributed by atoms with Gasteiger partial charge in [0.2, 0.25) is 0 Å². The van der Waals surface area contributed by atoms with E-state index in [2.05, 4.69) is 21.9 Å². The van der Waals surface area contributed by atoms with Crippen molar-refractivity contribution in [3.05, 3.63) is 55.0 Å². The van der Waals surface area contributed by atoms with Crippen molar-refractivity contribution in [2.24, 2.45) is 0 Å². The Bertz CT molecular complexity index is 966. The highest BCUT2D eigenvalue weighted by atomic mass is 16.4. The Hall–Kier alpha value is -3.06. The van der Waals surface area contributed by atoms with Crippen LogP contribution in [0.4, 0.5) is 16.2 Å². The zero-order valence-electron chi connectivity index (χ0n) is 16.8. The van der Waals surface area contributed by atoms with Gasteiger partial charge in [-0.1, -0.05) is 6.92 Å². The zero-order valence-corrected chi connectivity index (χ0v) is 16.8. The number of quaternary nitrogens is 1. The van der Waals surface area contributed by atoms with Crippen molar-refractivity contribution in [1.29, 1.82) is 0 Å². The highest BCUT2D eigenvalue weighted by molar-refractivity contribution is 5.89. The van der Waals surface area contributed by atoms with E-state index in [0.29, 0.717) is 18.8 Å². The molecule has 7 heteroatoms. The lowest BCUT2D eigenvalue weighted by Crippen LogP contribution is -2.74. The molecular weight excluding hydrogens is 366 g/mol. The fourth-order valence-corrected chi connectivity index (χ4v) is 4.47. The molecule has 1 aliphatic heterocycles. The number of nitrogens with one attached hydrogen (secondary N) is 1. The Morgan fingerprint density at radius 2 is 1.86 bits per heavy atom. The topological polar surface area (TPSA) is 75.3 Å². The third-order valence-electron chi connectivity index (χ3n) is 5.70. The molecule has 152 valence electrons. The normalized spacial score (nSPS) is 15.9. The highest BCUT2D eigenvalue weighted by Gasteiger charge is 2.45. The third-order valence-corrected chi connectivity index (χ3v) is 5.70. The minimum Gasteiger partial charge on any atom is -0.526 e. The summed E-state index contributed by atoms with van der Waals surface area (Å²) in [7, 11) is 0. The molecule has 1 aliphatic rings. The fourth-order valence-electron chi connectivity index (χ4n) is 4.47. The van der Waals surface area contributed by atoms with Crippen LogP contribution in [-0.4, -0.2) is 40.4 Å². The molecule has 0 bridgehead atoms. The van der Waals surface area contributed by atoms with Crippen LogP contribution in [0.5, 0.6) is 0 Å². The second kappa shape index (κ2) is 8.13. The lowest BCUT2D eigenvalue weighted by molar-refractivity contribution is -0.944. The molecule has 0 spiro atoms. The third kappa shape index (κ3) is 3.53. The van der Waals surface area contributed by atoms with Crippen LogP contribution in [0.2, 0.25) is 0 Å². The molecule has 1 aromatic carbocycles. The molecule has 1 fully saturated rings. The fraction of sp³-hybridized carbons (Fsp3) is 0.364. The second-order valence-electron chi connectivity index (χ2n) is 7.54. The number of carbonyl (C=O) groups excluding carboxylic acids is 1. The average molecular weight is 393 g/mol. The molecule has 0 aliphatic carbocycles. The quantitative estimate of drug-likeness (QED) is 0.651. The summed E-state index contributed by atoms with van der Waals surface area (Å²) in [4.78, 5) is 19.9. The number of benzene rings is 1. The van der Waals surface area contributed by atoms with Crippen LogP contribution in [-0.2, 0) is 0 Å². The summed E-state index contributed by atoms with van der Waals surface area (Å²) >= 11 is 0. The number of nitrogens with zero attached hydrogens (tertiary/aromatic N) is 4. The first-order chi connectivity index (χ1) is 14.2. The van der Waals surface area contributed by atoms with Crippen LogP contribution in [0.25, 0.3) is 10.9 Å². The lowest BCUT2D eigenvalue weighted by Gasteiger charge is -2.53. The molecular formula is C22H27N5O2. The van der Waals surface area contributed by atoms with Crippen LogP contribution in [0.15, 0.2) is 55.0 Å². The second-order valence-corrected chi connectivity index (χ2v) is 7.54. The molecule has 0 saturated carbocycles. The van der Waals surface area contributed by atoms with Crippen molar-refractivity contribution in [2.45, 2.75) is 32.6 Å². The largest absolute Gasteiger partial charge is 0.526 e. The van der Waals surface area contributed by atoms with Gasteiger partial charge in [-0.15, -0.1) is 4.70 Å². The van der Waals surface area contributed by atoms with Crippen molar-refractivity contribution in [3.63, 3.8) is 0 Å². The van der Waals surface area contributed by atoms with Crippen molar-refractivity contribution in [1.82, 2.24) is 9.97 Å². The Kier molecular flexibility index (Phi) is 5.40. The highest BCUT2D eigenvalue weighted by Crippen LogP contribution is 2.34. The summed E-state index contributed by atoms with van der Waals surface area (Å²) in [6, 6.07) is 11.6. The monoisotopic (exact) mass is 393 g/mol. The summed E-state index contributed by atoms with van der Waals surface area (Å²) in [6.07, 6.45) is 8.12. The van der Waals surface area contributed by atoms with Crippen LogP contribution in [0, 0.1) is 0 Å². The van der Waals surface area contributed by atoms with E-state index in [1.165, 1.54) is 5.01 Å². The molecule has 3 aromatic rings. The van der Waals surface area contributed by atoms with Gasteiger partial charge in [-0.2, -0.15) is 10.0 Å². The number of H-pyrrole nitrogens is 1. The summed E-state index contributed by atoms with van der Waals surface area (Å²) < 4.78 is 0.204. The molecule has 3 heterocycles. The first-order valence-corrected chi connectivity index (χ1v) is 10.3. The van der Waals surface area contributed by atoms with Crippen LogP contribution >= 0.6 is 0 Å². The molecule has 0 radical (unpaired) electrons. The van der Waals surface area contributed by atoms with Crippen LogP contribution in [0.3, 0.4) is 0 Å². The van der Waals surface area contributed by atoms with Gasteiger partial charge in [0.05, 0.1) is 17.9 Å². The summed E-state index contributed by atoms with van der Waals surface area (Å²) in [6.45, 7) is 4.27. The number of amides is 1. The van der Waals surface area contributed by atoms with Crippen molar-refractivity contribution in [2.75, 3.05) is 29.7 Å².